The van der Waals surface area contributed by atoms with Crippen LogP contribution in [0.4, 0.5) is 4.79 Å². The molecule has 1 spiro atoms. The number of hydrogen-bond donors (Lipinski definition) is 2. The molecule has 0 radical (unpaired) electrons. The molecule has 2 aliphatic carbocycles. The second kappa shape index (κ2) is 5.29. The van der Waals surface area contributed by atoms with Gasteiger partial charge in [0, 0.05) is 30.5 Å². The van der Waals surface area contributed by atoms with Gasteiger partial charge in [0.25, 0.3) is 0 Å². The number of amides is 2. The van der Waals surface area contributed by atoms with Gasteiger partial charge in [-0.15, -0.1) is 0 Å². The SMILES string of the molecule is O=C(NCc1ccsc1)N[C@@H]1[C@@H]2CCO[C@H]2C12CCCC2. The van der Waals surface area contributed by atoms with E-state index in [1.807, 2.05) is 11.4 Å². The monoisotopic (exact) mass is 306 g/mol. The van der Waals surface area contributed by atoms with E-state index in [4.69, 9.17) is 4.74 Å². The third-order valence-electron chi connectivity index (χ3n) is 5.61. The van der Waals surface area contributed by atoms with Gasteiger partial charge in [0.15, 0.2) is 0 Å². The van der Waals surface area contributed by atoms with Gasteiger partial charge in [0.1, 0.15) is 0 Å². The zero-order valence-corrected chi connectivity index (χ0v) is 13.0. The zero-order chi connectivity index (χ0) is 14.3. The van der Waals surface area contributed by atoms with Crippen LogP contribution in [-0.2, 0) is 11.3 Å². The fourth-order valence-electron chi connectivity index (χ4n) is 4.67. The molecule has 4 nitrogen and oxygen atoms in total. The van der Waals surface area contributed by atoms with Crippen molar-refractivity contribution in [3.8, 4) is 0 Å². The third kappa shape index (κ3) is 2.18. The molecular weight excluding hydrogens is 284 g/mol. The Bertz CT molecular complexity index is 510. The number of ether oxygens (including phenoxy) is 1. The number of carbonyl (C=O) groups is 1. The fraction of sp³-hybridized carbons (Fsp3) is 0.688. The van der Waals surface area contributed by atoms with Crippen LogP contribution in [-0.4, -0.2) is 24.8 Å². The van der Waals surface area contributed by atoms with E-state index in [-0.39, 0.29) is 11.4 Å². The van der Waals surface area contributed by atoms with E-state index in [1.165, 1.54) is 31.2 Å². The van der Waals surface area contributed by atoms with Crippen LogP contribution in [0.15, 0.2) is 16.8 Å². The topological polar surface area (TPSA) is 50.4 Å². The molecule has 114 valence electrons. The van der Waals surface area contributed by atoms with E-state index < -0.39 is 0 Å². The number of urea groups is 1. The second-order valence-corrected chi connectivity index (χ2v) is 7.40. The number of nitrogens with one attached hydrogen (secondary N) is 2. The van der Waals surface area contributed by atoms with Gasteiger partial charge in [-0.3, -0.25) is 0 Å². The summed E-state index contributed by atoms with van der Waals surface area (Å²) >= 11 is 1.66. The summed E-state index contributed by atoms with van der Waals surface area (Å²) in [5.74, 6) is 0.537. The number of hydrogen-bond acceptors (Lipinski definition) is 3. The summed E-state index contributed by atoms with van der Waals surface area (Å²) in [4.78, 5) is 12.2. The summed E-state index contributed by atoms with van der Waals surface area (Å²) in [6.45, 7) is 1.48. The molecule has 1 aromatic rings. The Balaban J connectivity index is 1.38. The maximum Gasteiger partial charge on any atom is 0.315 e. The Morgan fingerprint density at radius 3 is 3.05 bits per heavy atom. The lowest BCUT2D eigenvalue weighted by Crippen LogP contribution is -2.69. The highest BCUT2D eigenvalue weighted by Crippen LogP contribution is 2.60. The van der Waals surface area contributed by atoms with Crippen LogP contribution in [0, 0.1) is 11.3 Å². The zero-order valence-electron chi connectivity index (χ0n) is 12.1. The van der Waals surface area contributed by atoms with Crippen LogP contribution in [0.1, 0.15) is 37.7 Å². The Hall–Kier alpha value is -1.07. The van der Waals surface area contributed by atoms with Crippen LogP contribution in [0.3, 0.4) is 0 Å². The van der Waals surface area contributed by atoms with Crippen molar-refractivity contribution in [3.63, 3.8) is 0 Å². The Labute approximate surface area is 129 Å². The molecule has 2 N–H and O–H groups in total. The predicted octanol–water partition coefficient (Wildman–Crippen LogP) is 2.90. The lowest BCUT2D eigenvalue weighted by atomic mass is 9.54. The Morgan fingerprint density at radius 1 is 1.43 bits per heavy atom. The molecule has 1 aromatic heterocycles. The van der Waals surface area contributed by atoms with E-state index in [9.17, 15) is 4.79 Å². The first-order valence-electron chi connectivity index (χ1n) is 7.97. The van der Waals surface area contributed by atoms with Crippen molar-refractivity contribution in [2.24, 2.45) is 11.3 Å². The van der Waals surface area contributed by atoms with Crippen LogP contribution in [0.25, 0.3) is 0 Å². The molecule has 3 fully saturated rings. The summed E-state index contributed by atoms with van der Waals surface area (Å²) in [6, 6.07) is 2.34. The summed E-state index contributed by atoms with van der Waals surface area (Å²) in [5.41, 5.74) is 1.40. The first-order valence-corrected chi connectivity index (χ1v) is 8.91. The minimum absolute atomic E-state index is 0.0252. The number of carbonyl (C=O) groups excluding carboxylic acids is 1. The number of rotatable bonds is 3. The second-order valence-electron chi connectivity index (χ2n) is 6.62. The quantitative estimate of drug-likeness (QED) is 0.902. The van der Waals surface area contributed by atoms with Gasteiger partial charge in [-0.05, 0) is 41.7 Å². The smallest absolute Gasteiger partial charge is 0.315 e. The number of thiophene rings is 1. The van der Waals surface area contributed by atoms with Gasteiger partial charge >= 0.3 is 6.03 Å². The molecule has 3 atom stereocenters. The van der Waals surface area contributed by atoms with Gasteiger partial charge in [0.05, 0.1) is 6.10 Å². The van der Waals surface area contributed by atoms with Gasteiger partial charge < -0.3 is 15.4 Å². The van der Waals surface area contributed by atoms with E-state index in [1.54, 1.807) is 11.3 Å². The van der Waals surface area contributed by atoms with Crippen LogP contribution >= 0.6 is 11.3 Å². The normalized spacial score (nSPS) is 32.7. The first kappa shape index (κ1) is 13.6. The molecule has 1 saturated heterocycles. The van der Waals surface area contributed by atoms with Crippen molar-refractivity contribution in [3.05, 3.63) is 22.4 Å². The van der Waals surface area contributed by atoms with Gasteiger partial charge in [0.2, 0.25) is 0 Å². The van der Waals surface area contributed by atoms with Crippen molar-refractivity contribution in [2.75, 3.05) is 6.61 Å². The van der Waals surface area contributed by atoms with Crippen LogP contribution in [0.2, 0.25) is 0 Å². The highest BCUT2D eigenvalue weighted by atomic mass is 32.1. The molecule has 2 heterocycles. The Kier molecular flexibility index (Phi) is 3.42. The van der Waals surface area contributed by atoms with E-state index in [0.29, 0.717) is 24.6 Å². The predicted molar refractivity (Wildman–Crippen MR) is 82.2 cm³/mol. The van der Waals surface area contributed by atoms with E-state index in [0.717, 1.165) is 13.0 Å². The van der Waals surface area contributed by atoms with Crippen molar-refractivity contribution in [2.45, 2.75) is 50.8 Å². The molecule has 0 aromatic carbocycles. The maximum absolute atomic E-state index is 12.2. The summed E-state index contributed by atoms with van der Waals surface area (Å²) in [6.07, 6.45) is 6.49. The van der Waals surface area contributed by atoms with Crippen LogP contribution in [0.5, 0.6) is 0 Å². The molecule has 4 rings (SSSR count). The fourth-order valence-corrected chi connectivity index (χ4v) is 5.34. The van der Waals surface area contributed by atoms with Crippen LogP contribution < -0.4 is 10.6 Å². The van der Waals surface area contributed by atoms with Gasteiger partial charge in [-0.25, -0.2) is 4.79 Å². The molecule has 0 bridgehead atoms. The summed E-state index contributed by atoms with van der Waals surface area (Å²) < 4.78 is 5.95. The largest absolute Gasteiger partial charge is 0.377 e. The molecule has 2 amide bonds. The van der Waals surface area contributed by atoms with Crippen molar-refractivity contribution in [1.82, 2.24) is 10.6 Å². The third-order valence-corrected chi connectivity index (χ3v) is 6.34. The molecule has 3 aliphatic rings. The summed E-state index contributed by atoms with van der Waals surface area (Å²) in [7, 11) is 0. The minimum Gasteiger partial charge on any atom is -0.377 e. The van der Waals surface area contributed by atoms with E-state index in [2.05, 4.69) is 16.0 Å². The van der Waals surface area contributed by atoms with Crippen molar-refractivity contribution in [1.29, 1.82) is 0 Å². The number of fused-ring (bicyclic) bond motifs is 2. The van der Waals surface area contributed by atoms with Crippen molar-refractivity contribution >= 4 is 17.4 Å². The molecule has 2 saturated carbocycles. The molecule has 5 heteroatoms. The molecule has 1 aliphatic heterocycles. The molecular formula is C16H22N2O2S. The first-order chi connectivity index (χ1) is 10.3. The van der Waals surface area contributed by atoms with E-state index >= 15 is 0 Å². The minimum atomic E-state index is -0.0252. The average Bonchev–Trinajstić information content (AvgIpc) is 3.22. The highest BCUT2D eigenvalue weighted by molar-refractivity contribution is 7.07. The molecule has 21 heavy (non-hydrogen) atoms. The van der Waals surface area contributed by atoms with Gasteiger partial charge in [-0.2, -0.15) is 11.3 Å². The molecule has 0 unspecified atom stereocenters. The van der Waals surface area contributed by atoms with Crippen molar-refractivity contribution < 1.29 is 9.53 Å². The van der Waals surface area contributed by atoms with Gasteiger partial charge in [-0.1, -0.05) is 12.8 Å². The Morgan fingerprint density at radius 2 is 2.29 bits per heavy atom. The highest BCUT2D eigenvalue weighted by Gasteiger charge is 2.65. The maximum atomic E-state index is 12.2. The average molecular weight is 306 g/mol. The lowest BCUT2D eigenvalue weighted by Gasteiger charge is -2.56. The standard InChI is InChI=1S/C16H22N2O2S/c19-15(17-9-11-4-8-21-10-11)18-13-12-3-7-20-14(12)16(13)5-1-2-6-16/h4,8,10,12-14H,1-3,5-7,9H2,(H2,17,18,19)/t12-,13+,14+/m0/s1. The summed E-state index contributed by atoms with van der Waals surface area (Å²) in [5, 5.41) is 10.4. The lowest BCUT2D eigenvalue weighted by molar-refractivity contribution is -0.126.